The minimum absolute atomic E-state index is 0.0599. The molecule has 0 bridgehead atoms. The number of anilines is 1. The van der Waals surface area contributed by atoms with E-state index in [4.69, 9.17) is 14.2 Å². The van der Waals surface area contributed by atoms with Crippen LogP contribution in [-0.4, -0.2) is 47.1 Å². The number of aliphatic hydroxyl groups is 1. The number of Topliss-reactive ketones (excluding diaryl/α,β-unsaturated/α-hetero) is 1. The second kappa shape index (κ2) is 10.9. The summed E-state index contributed by atoms with van der Waals surface area (Å²) in [6.45, 7) is 4.81. The molecule has 1 aromatic heterocycles. The highest BCUT2D eigenvalue weighted by Gasteiger charge is 2.48. The number of nitrogens with zero attached hydrogens (tertiary/aromatic N) is 2. The third-order valence-corrected chi connectivity index (χ3v) is 6.45. The van der Waals surface area contributed by atoms with Crippen LogP contribution in [0.1, 0.15) is 37.4 Å². The zero-order valence-corrected chi connectivity index (χ0v) is 21.9. The number of hydrogen-bond donors (Lipinski definition) is 2. The number of carbonyl (C=O) groups excluding carboxylic acids is 2. The molecule has 1 fully saturated rings. The van der Waals surface area contributed by atoms with Gasteiger partial charge in [-0.1, -0.05) is 25.1 Å². The number of ether oxygens (including phenoxy) is 3. The van der Waals surface area contributed by atoms with Crippen LogP contribution in [0.4, 0.5) is 5.95 Å². The highest BCUT2D eigenvalue weighted by Crippen LogP contribution is 2.44. The van der Waals surface area contributed by atoms with Gasteiger partial charge in [0.15, 0.2) is 11.5 Å². The molecular formula is C30H29N3O6. The van der Waals surface area contributed by atoms with Crippen molar-refractivity contribution in [3.05, 3.63) is 83.4 Å². The highest BCUT2D eigenvalue weighted by molar-refractivity contribution is 6.51. The van der Waals surface area contributed by atoms with E-state index in [1.54, 1.807) is 42.5 Å². The van der Waals surface area contributed by atoms with Gasteiger partial charge in [0.05, 0.1) is 43.0 Å². The van der Waals surface area contributed by atoms with Crippen LogP contribution in [-0.2, 0) is 9.59 Å². The van der Waals surface area contributed by atoms with E-state index in [-0.39, 0.29) is 17.3 Å². The Morgan fingerprint density at radius 2 is 1.77 bits per heavy atom. The van der Waals surface area contributed by atoms with Crippen molar-refractivity contribution < 1.29 is 28.9 Å². The lowest BCUT2D eigenvalue weighted by atomic mass is 9.95. The number of fused-ring (bicyclic) bond motifs is 1. The monoisotopic (exact) mass is 527 g/mol. The number of aromatic amines is 1. The van der Waals surface area contributed by atoms with Crippen molar-refractivity contribution in [2.45, 2.75) is 26.3 Å². The molecule has 0 radical (unpaired) electrons. The SMILES string of the molecule is CCCOc1ccc(/C(O)=C2\C(=O)C(=O)N(c3nc4ccccc4[nH]3)C2c2ccc(OC)c(OCC)c2)cc1. The Balaban J connectivity index is 1.68. The molecule has 4 aromatic rings. The van der Waals surface area contributed by atoms with Gasteiger partial charge in [-0.2, -0.15) is 0 Å². The molecule has 3 aromatic carbocycles. The van der Waals surface area contributed by atoms with Gasteiger partial charge in [-0.25, -0.2) is 4.98 Å². The van der Waals surface area contributed by atoms with Gasteiger partial charge in [-0.05, 0) is 67.4 Å². The van der Waals surface area contributed by atoms with E-state index >= 15 is 0 Å². The first-order chi connectivity index (χ1) is 19.0. The maximum Gasteiger partial charge on any atom is 0.302 e. The predicted octanol–water partition coefficient (Wildman–Crippen LogP) is 5.39. The number of benzene rings is 3. The normalized spacial score (nSPS) is 16.6. The molecule has 1 aliphatic heterocycles. The molecular weight excluding hydrogens is 498 g/mol. The summed E-state index contributed by atoms with van der Waals surface area (Å²) >= 11 is 0. The van der Waals surface area contributed by atoms with E-state index in [0.717, 1.165) is 6.42 Å². The van der Waals surface area contributed by atoms with Crippen LogP contribution in [0.3, 0.4) is 0 Å². The third-order valence-electron chi connectivity index (χ3n) is 6.45. The quantitative estimate of drug-likeness (QED) is 0.171. The first kappa shape index (κ1) is 25.8. The standard InChI is InChI=1S/C30H29N3O6/c1-4-16-39-20-13-10-18(11-14-20)27(34)25-26(19-12-15-23(37-3)24(17-19)38-5-2)33(29(36)28(25)35)30-31-21-8-6-7-9-22(21)32-30/h6-15,17,26,34H,4-5,16H2,1-3H3,(H,31,32)/b27-25+. The Morgan fingerprint density at radius 1 is 1.00 bits per heavy atom. The fourth-order valence-electron chi connectivity index (χ4n) is 4.64. The largest absolute Gasteiger partial charge is 0.507 e. The zero-order chi connectivity index (χ0) is 27.5. The molecule has 1 atom stereocenters. The molecule has 1 amide bonds. The smallest absolute Gasteiger partial charge is 0.302 e. The predicted molar refractivity (Wildman–Crippen MR) is 147 cm³/mol. The molecule has 200 valence electrons. The molecule has 2 N–H and O–H groups in total. The summed E-state index contributed by atoms with van der Waals surface area (Å²) in [6.07, 6.45) is 0.860. The molecule has 1 unspecified atom stereocenters. The number of hydrogen-bond acceptors (Lipinski definition) is 7. The van der Waals surface area contributed by atoms with Gasteiger partial charge in [0.25, 0.3) is 5.78 Å². The number of imidazole rings is 1. The van der Waals surface area contributed by atoms with Crippen LogP contribution in [0.2, 0.25) is 0 Å². The Bertz CT molecular complexity index is 1520. The maximum absolute atomic E-state index is 13.5. The summed E-state index contributed by atoms with van der Waals surface area (Å²) in [5.41, 5.74) is 2.21. The van der Waals surface area contributed by atoms with Crippen LogP contribution >= 0.6 is 0 Å². The number of H-pyrrole nitrogens is 1. The molecule has 9 heteroatoms. The topological polar surface area (TPSA) is 114 Å². The van der Waals surface area contributed by atoms with Gasteiger partial charge in [0.2, 0.25) is 5.95 Å². The van der Waals surface area contributed by atoms with Crippen LogP contribution in [0.15, 0.2) is 72.3 Å². The van der Waals surface area contributed by atoms with Gasteiger partial charge in [0, 0.05) is 5.56 Å². The van der Waals surface area contributed by atoms with Gasteiger partial charge in [-0.15, -0.1) is 0 Å². The molecule has 0 aliphatic carbocycles. The fourth-order valence-corrected chi connectivity index (χ4v) is 4.64. The summed E-state index contributed by atoms with van der Waals surface area (Å²) in [5, 5.41) is 11.4. The van der Waals surface area contributed by atoms with Crippen molar-refractivity contribution in [3.8, 4) is 17.2 Å². The van der Waals surface area contributed by atoms with Crippen LogP contribution in [0.25, 0.3) is 16.8 Å². The van der Waals surface area contributed by atoms with Crippen molar-refractivity contribution in [1.29, 1.82) is 0 Å². The van der Waals surface area contributed by atoms with Gasteiger partial charge < -0.3 is 24.3 Å². The second-order valence-corrected chi connectivity index (χ2v) is 8.96. The number of nitrogens with one attached hydrogen (secondary N) is 1. The second-order valence-electron chi connectivity index (χ2n) is 8.96. The Labute approximate surface area is 225 Å². The molecule has 1 aliphatic rings. The highest BCUT2D eigenvalue weighted by atomic mass is 16.5. The van der Waals surface area contributed by atoms with E-state index in [0.29, 0.717) is 52.6 Å². The van der Waals surface area contributed by atoms with E-state index in [2.05, 4.69) is 9.97 Å². The molecule has 0 spiro atoms. The Morgan fingerprint density at radius 3 is 2.46 bits per heavy atom. The van der Waals surface area contributed by atoms with Crippen LogP contribution in [0.5, 0.6) is 17.2 Å². The molecule has 1 saturated heterocycles. The van der Waals surface area contributed by atoms with Gasteiger partial charge in [0.1, 0.15) is 11.5 Å². The number of rotatable bonds is 9. The third kappa shape index (κ3) is 4.79. The summed E-state index contributed by atoms with van der Waals surface area (Å²) in [4.78, 5) is 36.0. The summed E-state index contributed by atoms with van der Waals surface area (Å²) in [6, 6.07) is 18.3. The molecule has 0 saturated carbocycles. The number of amides is 1. The van der Waals surface area contributed by atoms with Gasteiger partial charge in [-0.3, -0.25) is 14.5 Å². The fraction of sp³-hybridized carbons (Fsp3) is 0.233. The summed E-state index contributed by atoms with van der Waals surface area (Å²) in [7, 11) is 1.53. The summed E-state index contributed by atoms with van der Waals surface area (Å²) < 4.78 is 16.8. The van der Waals surface area contributed by atoms with E-state index < -0.39 is 17.7 Å². The lowest BCUT2D eigenvalue weighted by Gasteiger charge is -2.24. The molecule has 9 nitrogen and oxygen atoms in total. The minimum Gasteiger partial charge on any atom is -0.507 e. The molecule has 39 heavy (non-hydrogen) atoms. The lowest BCUT2D eigenvalue weighted by Crippen LogP contribution is -2.30. The lowest BCUT2D eigenvalue weighted by molar-refractivity contribution is -0.132. The average molecular weight is 528 g/mol. The first-order valence-electron chi connectivity index (χ1n) is 12.8. The van der Waals surface area contributed by atoms with E-state index in [9.17, 15) is 14.7 Å². The average Bonchev–Trinajstić information content (AvgIpc) is 3.50. The molecule has 5 rings (SSSR count). The van der Waals surface area contributed by atoms with Crippen LogP contribution < -0.4 is 19.1 Å². The van der Waals surface area contributed by atoms with Crippen molar-refractivity contribution in [2.24, 2.45) is 0 Å². The number of aliphatic hydroxyl groups excluding tert-OH is 1. The number of aromatic nitrogens is 2. The van der Waals surface area contributed by atoms with Crippen molar-refractivity contribution in [1.82, 2.24) is 9.97 Å². The Kier molecular flexibility index (Phi) is 7.23. The molecule has 2 heterocycles. The van der Waals surface area contributed by atoms with Crippen molar-refractivity contribution in [3.63, 3.8) is 0 Å². The number of carbonyl (C=O) groups is 2. The number of methoxy groups -OCH3 is 1. The van der Waals surface area contributed by atoms with Crippen molar-refractivity contribution in [2.75, 3.05) is 25.2 Å². The first-order valence-corrected chi connectivity index (χ1v) is 12.8. The number of ketones is 1. The van der Waals surface area contributed by atoms with Crippen LogP contribution in [0, 0.1) is 0 Å². The van der Waals surface area contributed by atoms with E-state index in [1.807, 2.05) is 38.1 Å². The maximum atomic E-state index is 13.5. The Hall–Kier alpha value is -4.79. The zero-order valence-electron chi connectivity index (χ0n) is 21.9. The van der Waals surface area contributed by atoms with Gasteiger partial charge >= 0.3 is 5.91 Å². The minimum atomic E-state index is -0.980. The number of para-hydroxylation sites is 2. The summed E-state index contributed by atoms with van der Waals surface area (Å²) in [5.74, 6) is -0.138. The van der Waals surface area contributed by atoms with Crippen molar-refractivity contribution >= 4 is 34.4 Å². The van der Waals surface area contributed by atoms with E-state index in [1.165, 1.54) is 12.0 Å².